The zero-order valence-electron chi connectivity index (χ0n) is 16.7. The molecule has 2 aromatic carbocycles. The van der Waals surface area contributed by atoms with Crippen LogP contribution in [-0.4, -0.2) is 23.9 Å². The molecule has 164 valence electrons. The lowest BCUT2D eigenvalue weighted by Crippen LogP contribution is -2.06. The molecule has 0 aliphatic carbocycles. The van der Waals surface area contributed by atoms with E-state index < -0.39 is 28.5 Å². The molecule has 0 saturated heterocycles. The van der Waals surface area contributed by atoms with Crippen molar-refractivity contribution in [3.63, 3.8) is 0 Å². The molecular weight excluding hydrogens is 449 g/mol. The summed E-state index contributed by atoms with van der Waals surface area (Å²) in [6, 6.07) is 11.5. The summed E-state index contributed by atoms with van der Waals surface area (Å²) in [6.07, 6.45) is -4.38. The van der Waals surface area contributed by atoms with Crippen LogP contribution in [0.2, 0.25) is 0 Å². The van der Waals surface area contributed by atoms with Gasteiger partial charge in [0.2, 0.25) is 0 Å². The molecule has 1 atom stereocenters. The van der Waals surface area contributed by atoms with Crippen LogP contribution >= 0.6 is 11.3 Å². The first-order chi connectivity index (χ1) is 14.7. The van der Waals surface area contributed by atoms with Crippen molar-refractivity contribution < 1.29 is 31.6 Å². The van der Waals surface area contributed by atoms with E-state index in [-0.39, 0.29) is 6.42 Å². The Morgan fingerprint density at radius 1 is 1.06 bits per heavy atom. The number of rotatable bonds is 7. The lowest BCUT2D eigenvalue weighted by atomic mass is 10.1. The third-order valence-electron chi connectivity index (χ3n) is 4.34. The van der Waals surface area contributed by atoms with E-state index in [0.29, 0.717) is 38.2 Å². The van der Waals surface area contributed by atoms with E-state index in [4.69, 9.17) is 9.47 Å². The van der Waals surface area contributed by atoms with Crippen molar-refractivity contribution in [3.05, 3.63) is 65.0 Å². The van der Waals surface area contributed by atoms with Crippen molar-refractivity contribution in [1.29, 1.82) is 0 Å². The summed E-state index contributed by atoms with van der Waals surface area (Å²) >= 11 is 1.25. The zero-order valence-corrected chi connectivity index (χ0v) is 18.3. The molecule has 3 aromatic rings. The number of hydrogen-bond acceptors (Lipinski definition) is 5. The molecule has 1 unspecified atom stereocenters. The number of carbonyl (C=O) groups is 1. The maximum atomic E-state index is 13.1. The first-order valence-electron chi connectivity index (χ1n) is 9.22. The smallest absolute Gasteiger partial charge is 0.416 e. The Morgan fingerprint density at radius 2 is 1.77 bits per heavy atom. The lowest BCUT2D eigenvalue weighted by Gasteiger charge is -2.09. The van der Waals surface area contributed by atoms with Gasteiger partial charge in [-0.05, 0) is 65.4 Å². The number of methoxy groups -OCH3 is 1. The first kappa shape index (κ1) is 23.0. The highest BCUT2D eigenvalue weighted by Crippen LogP contribution is 2.34. The van der Waals surface area contributed by atoms with Gasteiger partial charge in [0.05, 0.1) is 40.7 Å². The Kier molecular flexibility index (Phi) is 7.17. The van der Waals surface area contributed by atoms with Gasteiger partial charge in [-0.25, -0.2) is 4.21 Å². The molecule has 0 fully saturated rings. The minimum atomic E-state index is -4.40. The number of benzene rings is 2. The first-order valence-corrected chi connectivity index (χ1v) is 11.3. The normalized spacial score (nSPS) is 12.4. The number of esters is 1. The van der Waals surface area contributed by atoms with Crippen molar-refractivity contribution in [2.75, 3.05) is 13.7 Å². The van der Waals surface area contributed by atoms with Gasteiger partial charge in [-0.2, -0.15) is 13.2 Å². The quantitative estimate of drug-likeness (QED) is 0.417. The van der Waals surface area contributed by atoms with Crippen molar-refractivity contribution in [3.8, 4) is 16.9 Å². The van der Waals surface area contributed by atoms with E-state index >= 15 is 0 Å². The van der Waals surface area contributed by atoms with Crippen LogP contribution in [0.3, 0.4) is 0 Å². The van der Waals surface area contributed by atoms with Crippen LogP contribution in [0.25, 0.3) is 11.1 Å². The average Bonchev–Trinajstić information content (AvgIpc) is 3.23. The molecule has 31 heavy (non-hydrogen) atoms. The van der Waals surface area contributed by atoms with Gasteiger partial charge in [-0.3, -0.25) is 4.79 Å². The van der Waals surface area contributed by atoms with E-state index in [1.54, 1.807) is 29.6 Å². The Balaban J connectivity index is 1.88. The van der Waals surface area contributed by atoms with E-state index in [1.807, 2.05) is 6.92 Å². The van der Waals surface area contributed by atoms with E-state index in [1.165, 1.54) is 30.6 Å². The third-order valence-corrected chi connectivity index (χ3v) is 6.96. The highest BCUT2D eigenvalue weighted by Gasteiger charge is 2.30. The molecule has 0 N–H and O–H groups in total. The van der Waals surface area contributed by atoms with Gasteiger partial charge < -0.3 is 9.47 Å². The molecule has 1 aromatic heterocycles. The van der Waals surface area contributed by atoms with Crippen LogP contribution in [-0.2, 0) is 32.9 Å². The van der Waals surface area contributed by atoms with Gasteiger partial charge >= 0.3 is 12.1 Å². The van der Waals surface area contributed by atoms with Crippen molar-refractivity contribution in [2.24, 2.45) is 0 Å². The minimum absolute atomic E-state index is 0.0167. The minimum Gasteiger partial charge on any atom is -0.494 e. The summed E-state index contributed by atoms with van der Waals surface area (Å²) in [5.41, 5.74) is 1.17. The summed E-state index contributed by atoms with van der Waals surface area (Å²) < 4.78 is 62.2. The average molecular weight is 469 g/mol. The topological polar surface area (TPSA) is 52.6 Å². The fourth-order valence-electron chi connectivity index (χ4n) is 2.86. The molecule has 4 nitrogen and oxygen atoms in total. The van der Waals surface area contributed by atoms with Crippen LogP contribution in [0.5, 0.6) is 5.75 Å². The Labute approximate surface area is 184 Å². The van der Waals surface area contributed by atoms with E-state index in [0.717, 1.165) is 12.1 Å². The van der Waals surface area contributed by atoms with Crippen molar-refractivity contribution >= 4 is 28.1 Å². The number of ether oxygens (including phenoxy) is 2. The molecular formula is C22H19F3O4S2. The zero-order chi connectivity index (χ0) is 22.6. The molecule has 1 heterocycles. The standard InChI is InChI=1S/C22H19F3O4S2/c1-3-29-18-8-14(10-20(26)28-2)9-19(12-18)31(27)21-11-16(13-30-21)15-4-6-17(7-5-15)22(23,24)25/h4-9,11-13H,3,10H2,1-2H3. The largest absolute Gasteiger partial charge is 0.494 e. The number of halogens is 3. The summed E-state index contributed by atoms with van der Waals surface area (Å²) in [5, 5.41) is 1.75. The van der Waals surface area contributed by atoms with E-state index in [2.05, 4.69) is 0 Å². The van der Waals surface area contributed by atoms with Crippen molar-refractivity contribution in [1.82, 2.24) is 0 Å². The summed E-state index contributed by atoms with van der Waals surface area (Å²) in [4.78, 5) is 12.1. The molecule has 0 spiro atoms. The lowest BCUT2D eigenvalue weighted by molar-refractivity contribution is -0.140. The van der Waals surface area contributed by atoms with Gasteiger partial charge in [0.1, 0.15) is 5.75 Å². The molecule has 0 aliphatic heterocycles. The molecule has 0 aliphatic rings. The highest BCUT2D eigenvalue weighted by atomic mass is 32.2. The van der Waals surface area contributed by atoms with Crippen LogP contribution in [0.4, 0.5) is 13.2 Å². The number of carbonyl (C=O) groups excluding carboxylic acids is 1. The van der Waals surface area contributed by atoms with Crippen LogP contribution in [0.15, 0.2) is 63.0 Å². The SMILES string of the molecule is CCOc1cc(CC(=O)OC)cc(S(=O)c2cc(-c3ccc(C(F)(F)F)cc3)cs2)c1. The van der Waals surface area contributed by atoms with Crippen LogP contribution in [0.1, 0.15) is 18.1 Å². The second-order valence-electron chi connectivity index (χ2n) is 6.50. The molecule has 3 rings (SSSR count). The van der Waals surface area contributed by atoms with Crippen molar-refractivity contribution in [2.45, 2.75) is 28.6 Å². The summed E-state index contributed by atoms with van der Waals surface area (Å²) in [6.45, 7) is 2.23. The monoisotopic (exact) mass is 468 g/mol. The van der Waals surface area contributed by atoms with Gasteiger partial charge in [-0.15, -0.1) is 11.3 Å². The Morgan fingerprint density at radius 3 is 2.39 bits per heavy atom. The second-order valence-corrected chi connectivity index (χ2v) is 9.12. The number of hydrogen-bond donors (Lipinski definition) is 0. The predicted octanol–water partition coefficient (Wildman–Crippen LogP) is 5.71. The molecule has 0 radical (unpaired) electrons. The summed E-state index contributed by atoms with van der Waals surface area (Å²) in [5.74, 6) is 0.0675. The fraction of sp³-hybridized carbons (Fsp3) is 0.227. The highest BCUT2D eigenvalue weighted by molar-refractivity contribution is 7.87. The molecule has 0 bridgehead atoms. The number of thiophene rings is 1. The van der Waals surface area contributed by atoms with Gasteiger partial charge in [-0.1, -0.05) is 12.1 Å². The van der Waals surface area contributed by atoms with Gasteiger partial charge in [0.15, 0.2) is 0 Å². The second kappa shape index (κ2) is 9.65. The van der Waals surface area contributed by atoms with Gasteiger partial charge in [0, 0.05) is 4.90 Å². The van der Waals surface area contributed by atoms with E-state index in [9.17, 15) is 22.2 Å². The van der Waals surface area contributed by atoms with Gasteiger partial charge in [0.25, 0.3) is 0 Å². The van der Waals surface area contributed by atoms with Crippen LogP contribution < -0.4 is 4.74 Å². The molecule has 0 amide bonds. The maximum absolute atomic E-state index is 13.1. The maximum Gasteiger partial charge on any atom is 0.416 e. The van der Waals surface area contributed by atoms with Crippen LogP contribution in [0, 0.1) is 0 Å². The third kappa shape index (κ3) is 5.74. The fourth-order valence-corrected chi connectivity index (χ4v) is 5.23. The number of alkyl halides is 3. The molecule has 0 saturated carbocycles. The molecule has 9 heteroatoms. The Bertz CT molecular complexity index is 1090. The Hall–Kier alpha value is -2.65. The summed E-state index contributed by atoms with van der Waals surface area (Å²) in [7, 11) is -0.259. The predicted molar refractivity (Wildman–Crippen MR) is 113 cm³/mol.